The average molecular weight is 393 g/mol. The van der Waals surface area contributed by atoms with Crippen LogP contribution in [0.15, 0.2) is 29.1 Å². The number of aromatic nitrogens is 3. The molecule has 1 aliphatic heterocycles. The van der Waals surface area contributed by atoms with E-state index >= 15 is 0 Å². The summed E-state index contributed by atoms with van der Waals surface area (Å²) in [6.45, 7) is 7.43. The summed E-state index contributed by atoms with van der Waals surface area (Å²) < 4.78 is 1.81. The minimum atomic E-state index is -0.0603. The number of hydrogen-bond donors (Lipinski definition) is 2. The number of Topliss-reactive ketones (excluding diaryl/α,β-unsaturated/α-hetero) is 1. The van der Waals surface area contributed by atoms with Gasteiger partial charge in [0.25, 0.3) is 0 Å². The predicted molar refractivity (Wildman–Crippen MR) is 114 cm³/mol. The number of para-hydroxylation sites is 2. The second kappa shape index (κ2) is 7.02. The number of likely N-dealkylation sites (tertiary alicyclic amines) is 1. The van der Waals surface area contributed by atoms with Crippen LogP contribution in [0, 0.1) is 18.8 Å². The monoisotopic (exact) mass is 392 g/mol. The Hall–Kier alpha value is -2.60. The van der Waals surface area contributed by atoms with Gasteiger partial charge in [-0.05, 0) is 56.3 Å². The molecule has 0 saturated carbocycles. The van der Waals surface area contributed by atoms with Crippen molar-refractivity contribution in [2.24, 2.45) is 11.8 Å². The molecule has 3 aromatic rings. The van der Waals surface area contributed by atoms with E-state index in [-0.39, 0.29) is 11.6 Å². The largest absolute Gasteiger partial charge is 0.362 e. The molecule has 6 heteroatoms. The number of carbonyl (C=O) groups excluding carboxylic acids is 1. The second-order valence-electron chi connectivity index (χ2n) is 8.56. The lowest BCUT2D eigenvalue weighted by atomic mass is 9.72. The van der Waals surface area contributed by atoms with E-state index in [0.717, 1.165) is 66.9 Å². The zero-order valence-electron chi connectivity index (χ0n) is 17.1. The van der Waals surface area contributed by atoms with Crippen molar-refractivity contribution in [3.63, 3.8) is 0 Å². The van der Waals surface area contributed by atoms with Crippen molar-refractivity contribution < 1.29 is 4.79 Å². The Morgan fingerprint density at radius 3 is 2.79 bits per heavy atom. The first-order valence-electron chi connectivity index (χ1n) is 10.7. The number of aromatic amines is 2. The number of benzene rings is 1. The van der Waals surface area contributed by atoms with Gasteiger partial charge in [0.05, 0.1) is 11.0 Å². The van der Waals surface area contributed by atoms with Crippen molar-refractivity contribution in [2.45, 2.75) is 39.7 Å². The predicted octanol–water partition coefficient (Wildman–Crippen LogP) is 2.91. The van der Waals surface area contributed by atoms with Crippen LogP contribution in [-0.4, -0.2) is 44.9 Å². The van der Waals surface area contributed by atoms with Crippen LogP contribution < -0.4 is 5.69 Å². The lowest BCUT2D eigenvalue weighted by molar-refractivity contribution is 0.0653. The molecule has 1 saturated heterocycles. The number of piperidine rings is 1. The fourth-order valence-corrected chi connectivity index (χ4v) is 5.46. The second-order valence-corrected chi connectivity index (χ2v) is 8.56. The standard InChI is InChI=1S/C23H28N4O2/c1-3-16-14(2)24-19-12-15-8-9-26(13-17(15)22(28)21(16)19)10-11-27-20-7-5-4-6-18(20)25-23(27)29/h4-7,15,17,24H,3,8-13H2,1-2H3,(H,25,29)/t15-,17+/m0/s1. The molecule has 0 radical (unpaired) electrons. The number of carbonyl (C=O) groups is 1. The summed E-state index contributed by atoms with van der Waals surface area (Å²) in [5.74, 6) is 0.840. The molecule has 0 bridgehead atoms. The molecule has 0 amide bonds. The molecule has 6 nitrogen and oxygen atoms in total. The molecule has 1 aliphatic carbocycles. The Labute approximate surface area is 169 Å². The zero-order valence-corrected chi connectivity index (χ0v) is 17.1. The van der Waals surface area contributed by atoms with Gasteiger partial charge >= 0.3 is 5.69 Å². The Morgan fingerprint density at radius 2 is 1.97 bits per heavy atom. The fraction of sp³-hybridized carbons (Fsp3) is 0.478. The smallest absolute Gasteiger partial charge is 0.326 e. The van der Waals surface area contributed by atoms with Crippen LogP contribution in [0.4, 0.5) is 0 Å². The van der Waals surface area contributed by atoms with E-state index in [1.165, 1.54) is 5.56 Å². The van der Waals surface area contributed by atoms with Crippen molar-refractivity contribution in [1.29, 1.82) is 0 Å². The van der Waals surface area contributed by atoms with E-state index in [1.807, 2.05) is 28.8 Å². The summed E-state index contributed by atoms with van der Waals surface area (Å²) in [6, 6.07) is 7.80. The Balaban J connectivity index is 1.33. The number of nitrogens with one attached hydrogen (secondary N) is 2. The molecule has 3 heterocycles. The van der Waals surface area contributed by atoms with Crippen LogP contribution in [-0.2, 0) is 19.4 Å². The Morgan fingerprint density at radius 1 is 1.14 bits per heavy atom. The van der Waals surface area contributed by atoms with Gasteiger partial charge in [0.1, 0.15) is 0 Å². The molecule has 29 heavy (non-hydrogen) atoms. The molecule has 2 atom stereocenters. The summed E-state index contributed by atoms with van der Waals surface area (Å²) >= 11 is 0. The van der Waals surface area contributed by atoms with E-state index in [0.29, 0.717) is 18.2 Å². The molecular weight excluding hydrogens is 364 g/mol. The third-order valence-electron chi connectivity index (χ3n) is 6.96. The van der Waals surface area contributed by atoms with Gasteiger partial charge in [-0.25, -0.2) is 4.79 Å². The van der Waals surface area contributed by atoms with Gasteiger partial charge in [-0.2, -0.15) is 0 Å². The highest BCUT2D eigenvalue weighted by molar-refractivity contribution is 6.02. The van der Waals surface area contributed by atoms with Crippen LogP contribution in [0.2, 0.25) is 0 Å². The third-order valence-corrected chi connectivity index (χ3v) is 6.96. The first kappa shape index (κ1) is 18.4. The van der Waals surface area contributed by atoms with Gasteiger partial charge in [-0.3, -0.25) is 9.36 Å². The van der Waals surface area contributed by atoms with Gasteiger partial charge in [-0.1, -0.05) is 19.1 Å². The number of nitrogens with zero attached hydrogens (tertiary/aromatic N) is 2. The molecule has 2 aromatic heterocycles. The van der Waals surface area contributed by atoms with Crippen LogP contribution >= 0.6 is 0 Å². The topological polar surface area (TPSA) is 73.9 Å². The third kappa shape index (κ3) is 2.97. The maximum absolute atomic E-state index is 13.3. The maximum atomic E-state index is 13.3. The van der Waals surface area contributed by atoms with E-state index in [1.54, 1.807) is 0 Å². The SMILES string of the molecule is CCc1c(C)[nH]c2c1C(=O)[C@@H]1CN(CCn3c(=O)[nH]c4ccccc43)CC[C@H]1C2. The lowest BCUT2D eigenvalue weighted by Gasteiger charge is -2.40. The fourth-order valence-electron chi connectivity index (χ4n) is 5.46. The first-order valence-corrected chi connectivity index (χ1v) is 10.7. The van der Waals surface area contributed by atoms with Crippen molar-refractivity contribution in [3.8, 4) is 0 Å². The van der Waals surface area contributed by atoms with Crippen molar-refractivity contribution in [3.05, 3.63) is 57.3 Å². The molecule has 2 aliphatic rings. The van der Waals surface area contributed by atoms with E-state index < -0.39 is 0 Å². The number of aryl methyl sites for hydroxylation is 1. The molecule has 1 aromatic carbocycles. The highest BCUT2D eigenvalue weighted by Gasteiger charge is 2.41. The molecule has 5 rings (SSSR count). The van der Waals surface area contributed by atoms with E-state index in [4.69, 9.17) is 0 Å². The Bertz CT molecular complexity index is 1140. The molecule has 2 N–H and O–H groups in total. The van der Waals surface area contributed by atoms with Crippen LogP contribution in [0.5, 0.6) is 0 Å². The number of ketones is 1. The summed E-state index contributed by atoms with van der Waals surface area (Å²) in [4.78, 5) is 34.4. The normalized spacial score (nSPS) is 22.1. The molecule has 152 valence electrons. The molecule has 0 unspecified atom stereocenters. The zero-order chi connectivity index (χ0) is 20.1. The highest BCUT2D eigenvalue weighted by Crippen LogP contribution is 2.38. The van der Waals surface area contributed by atoms with Gasteiger partial charge in [0.15, 0.2) is 5.78 Å². The van der Waals surface area contributed by atoms with Crippen molar-refractivity contribution in [1.82, 2.24) is 19.4 Å². The van der Waals surface area contributed by atoms with Crippen LogP contribution in [0.1, 0.15) is 40.7 Å². The summed E-state index contributed by atoms with van der Waals surface area (Å²) in [5.41, 5.74) is 6.24. The number of fused-ring (bicyclic) bond motifs is 3. The van der Waals surface area contributed by atoms with Crippen LogP contribution in [0.3, 0.4) is 0 Å². The van der Waals surface area contributed by atoms with Crippen molar-refractivity contribution >= 4 is 16.8 Å². The number of H-pyrrole nitrogens is 2. The summed E-state index contributed by atoms with van der Waals surface area (Å²) in [5, 5.41) is 0. The summed E-state index contributed by atoms with van der Waals surface area (Å²) in [6.07, 6.45) is 2.93. The van der Waals surface area contributed by atoms with E-state index in [2.05, 4.69) is 28.7 Å². The van der Waals surface area contributed by atoms with Gasteiger partial charge in [0, 0.05) is 42.5 Å². The van der Waals surface area contributed by atoms with Crippen molar-refractivity contribution in [2.75, 3.05) is 19.6 Å². The quantitative estimate of drug-likeness (QED) is 0.717. The number of rotatable bonds is 4. The lowest BCUT2D eigenvalue weighted by Crippen LogP contribution is -2.47. The first-order chi connectivity index (χ1) is 14.1. The molecule has 1 fully saturated rings. The maximum Gasteiger partial charge on any atom is 0.326 e. The minimum Gasteiger partial charge on any atom is -0.362 e. The minimum absolute atomic E-state index is 0.0603. The Kier molecular flexibility index (Phi) is 4.46. The van der Waals surface area contributed by atoms with Gasteiger partial charge < -0.3 is 14.9 Å². The molecule has 0 spiro atoms. The average Bonchev–Trinajstić information content (AvgIpc) is 3.21. The van der Waals surface area contributed by atoms with Gasteiger partial charge in [0.2, 0.25) is 0 Å². The molecular formula is C23H28N4O2. The van der Waals surface area contributed by atoms with Gasteiger partial charge in [-0.15, -0.1) is 0 Å². The van der Waals surface area contributed by atoms with Crippen LogP contribution in [0.25, 0.3) is 11.0 Å². The summed E-state index contributed by atoms with van der Waals surface area (Å²) in [7, 11) is 0. The highest BCUT2D eigenvalue weighted by atomic mass is 16.1. The number of hydrogen-bond acceptors (Lipinski definition) is 3. The number of imidazole rings is 1. The van der Waals surface area contributed by atoms with E-state index in [9.17, 15) is 9.59 Å².